The molecule has 3 heteroatoms. The summed E-state index contributed by atoms with van der Waals surface area (Å²) in [6, 6.07) is 17.5. The normalized spacial score (nSPS) is 13.8. The minimum absolute atomic E-state index is 0.0543. The van der Waals surface area contributed by atoms with Crippen LogP contribution in [0.4, 0.5) is 0 Å². The number of ether oxygens (including phenoxy) is 1. The Labute approximate surface area is 119 Å². The summed E-state index contributed by atoms with van der Waals surface area (Å²) in [7, 11) is 0. The summed E-state index contributed by atoms with van der Waals surface area (Å²) in [6.45, 7) is 1.98. The molecule has 0 aromatic heterocycles. The van der Waals surface area contributed by atoms with Crippen LogP contribution in [-0.2, 0) is 6.42 Å². The molecule has 0 aliphatic rings. The minimum atomic E-state index is -0.0707. The maximum absolute atomic E-state index is 6.18. The molecule has 0 radical (unpaired) electrons. The predicted octanol–water partition coefficient (Wildman–Crippen LogP) is 3.68. The molecule has 0 fully saturated rings. The lowest BCUT2D eigenvalue weighted by Crippen LogP contribution is -2.38. The van der Waals surface area contributed by atoms with Crippen molar-refractivity contribution < 1.29 is 4.74 Å². The van der Waals surface area contributed by atoms with E-state index in [2.05, 4.69) is 12.1 Å². The molecule has 0 saturated carbocycles. The predicted molar refractivity (Wildman–Crippen MR) is 79.7 cm³/mol. The van der Waals surface area contributed by atoms with E-state index in [4.69, 9.17) is 22.1 Å². The number of hydrogen-bond donors (Lipinski definition) is 1. The molecule has 2 unspecified atom stereocenters. The third-order valence-electron chi connectivity index (χ3n) is 3.04. The number of rotatable bonds is 5. The molecule has 0 heterocycles. The van der Waals surface area contributed by atoms with Crippen molar-refractivity contribution in [3.05, 3.63) is 65.2 Å². The van der Waals surface area contributed by atoms with E-state index in [0.29, 0.717) is 5.02 Å². The number of hydrogen-bond acceptors (Lipinski definition) is 2. The summed E-state index contributed by atoms with van der Waals surface area (Å²) < 4.78 is 5.82. The Morgan fingerprint density at radius 1 is 1.11 bits per heavy atom. The number of halogens is 1. The zero-order valence-corrected chi connectivity index (χ0v) is 11.7. The zero-order chi connectivity index (χ0) is 13.7. The van der Waals surface area contributed by atoms with Crippen molar-refractivity contribution in [2.24, 2.45) is 5.73 Å². The molecule has 100 valence electrons. The maximum Gasteiger partial charge on any atom is 0.121 e. The summed E-state index contributed by atoms with van der Waals surface area (Å²) in [6.07, 6.45) is 0.724. The molecule has 0 bridgehead atoms. The van der Waals surface area contributed by atoms with Gasteiger partial charge in [0.1, 0.15) is 11.9 Å². The standard InChI is InChI=1S/C16H18ClNO/c1-12(19-15-9-5-8-14(17)11-15)16(18)10-13-6-3-2-4-7-13/h2-9,11-12,16H,10,18H2,1H3. The average Bonchev–Trinajstić information content (AvgIpc) is 2.40. The van der Waals surface area contributed by atoms with Gasteiger partial charge in [0, 0.05) is 11.1 Å². The molecular formula is C16H18ClNO. The number of nitrogens with two attached hydrogens (primary N) is 1. The molecule has 2 aromatic rings. The Morgan fingerprint density at radius 3 is 2.53 bits per heavy atom. The van der Waals surface area contributed by atoms with Gasteiger partial charge in [0.25, 0.3) is 0 Å². The molecule has 0 aliphatic carbocycles. The first-order valence-electron chi connectivity index (χ1n) is 6.37. The van der Waals surface area contributed by atoms with Crippen molar-refractivity contribution >= 4 is 11.6 Å². The summed E-state index contributed by atoms with van der Waals surface area (Å²) >= 11 is 5.93. The quantitative estimate of drug-likeness (QED) is 0.903. The van der Waals surface area contributed by atoms with Gasteiger partial charge >= 0.3 is 0 Å². The van der Waals surface area contributed by atoms with E-state index >= 15 is 0 Å². The molecule has 0 spiro atoms. The third kappa shape index (κ3) is 4.27. The van der Waals surface area contributed by atoms with E-state index in [1.165, 1.54) is 5.56 Å². The van der Waals surface area contributed by atoms with Gasteiger partial charge in [0.05, 0.1) is 0 Å². The molecule has 0 amide bonds. The van der Waals surface area contributed by atoms with Gasteiger partial charge in [-0.1, -0.05) is 48.0 Å². The molecule has 2 atom stereocenters. The second-order valence-corrected chi connectivity index (χ2v) is 5.07. The van der Waals surface area contributed by atoms with Gasteiger partial charge in [0.2, 0.25) is 0 Å². The molecule has 2 nitrogen and oxygen atoms in total. The van der Waals surface area contributed by atoms with Gasteiger partial charge in [0.15, 0.2) is 0 Å². The lowest BCUT2D eigenvalue weighted by Gasteiger charge is -2.21. The fraction of sp³-hybridized carbons (Fsp3) is 0.250. The van der Waals surface area contributed by atoms with Crippen LogP contribution in [0.2, 0.25) is 5.02 Å². The molecule has 0 aliphatic heterocycles. The Hall–Kier alpha value is -1.51. The van der Waals surface area contributed by atoms with Crippen molar-refractivity contribution in [1.29, 1.82) is 0 Å². The Bertz CT molecular complexity index is 515. The van der Waals surface area contributed by atoms with Gasteiger partial charge in [-0.2, -0.15) is 0 Å². The van der Waals surface area contributed by atoms with Gasteiger partial charge in [-0.15, -0.1) is 0 Å². The lowest BCUT2D eigenvalue weighted by atomic mass is 10.0. The van der Waals surface area contributed by atoms with E-state index < -0.39 is 0 Å². The molecule has 2 N–H and O–H groups in total. The highest BCUT2D eigenvalue weighted by Gasteiger charge is 2.15. The lowest BCUT2D eigenvalue weighted by molar-refractivity contribution is 0.189. The second kappa shape index (κ2) is 6.60. The SMILES string of the molecule is CC(Oc1cccc(Cl)c1)C(N)Cc1ccccc1. The smallest absolute Gasteiger partial charge is 0.121 e. The van der Waals surface area contributed by atoms with Gasteiger partial charge in [-0.05, 0) is 37.1 Å². The summed E-state index contributed by atoms with van der Waals surface area (Å²) in [4.78, 5) is 0. The minimum Gasteiger partial charge on any atom is -0.489 e. The van der Waals surface area contributed by atoms with E-state index in [-0.39, 0.29) is 12.1 Å². The Morgan fingerprint density at radius 2 is 1.84 bits per heavy atom. The first kappa shape index (κ1) is 13.9. The largest absolute Gasteiger partial charge is 0.489 e. The Balaban J connectivity index is 1.94. The first-order chi connectivity index (χ1) is 9.15. The van der Waals surface area contributed by atoms with Crippen molar-refractivity contribution in [2.75, 3.05) is 0 Å². The molecule has 19 heavy (non-hydrogen) atoms. The van der Waals surface area contributed by atoms with Crippen molar-refractivity contribution in [3.8, 4) is 5.75 Å². The molecular weight excluding hydrogens is 258 g/mol. The monoisotopic (exact) mass is 275 g/mol. The highest BCUT2D eigenvalue weighted by Crippen LogP contribution is 2.19. The fourth-order valence-electron chi connectivity index (χ4n) is 1.89. The average molecular weight is 276 g/mol. The van der Waals surface area contributed by atoms with Gasteiger partial charge in [-0.3, -0.25) is 0 Å². The van der Waals surface area contributed by atoms with Crippen LogP contribution in [0.25, 0.3) is 0 Å². The van der Waals surface area contributed by atoms with Crippen molar-refractivity contribution in [3.63, 3.8) is 0 Å². The van der Waals surface area contributed by atoms with E-state index in [1.807, 2.05) is 43.3 Å². The second-order valence-electron chi connectivity index (χ2n) is 4.63. The topological polar surface area (TPSA) is 35.2 Å². The molecule has 2 rings (SSSR count). The van der Waals surface area contributed by atoms with Crippen LogP contribution in [0.5, 0.6) is 5.75 Å². The summed E-state index contributed by atoms with van der Waals surface area (Å²) in [5.74, 6) is 0.753. The Kier molecular flexibility index (Phi) is 4.83. The van der Waals surface area contributed by atoms with Crippen LogP contribution >= 0.6 is 11.6 Å². The van der Waals surface area contributed by atoms with Crippen LogP contribution in [0.1, 0.15) is 12.5 Å². The molecule has 0 saturated heterocycles. The third-order valence-corrected chi connectivity index (χ3v) is 3.27. The van der Waals surface area contributed by atoms with Gasteiger partial charge in [-0.25, -0.2) is 0 Å². The highest BCUT2D eigenvalue weighted by atomic mass is 35.5. The fourth-order valence-corrected chi connectivity index (χ4v) is 2.07. The van der Waals surface area contributed by atoms with E-state index in [0.717, 1.165) is 12.2 Å². The first-order valence-corrected chi connectivity index (χ1v) is 6.74. The molecule has 2 aromatic carbocycles. The number of benzene rings is 2. The van der Waals surface area contributed by atoms with Crippen LogP contribution in [0.15, 0.2) is 54.6 Å². The van der Waals surface area contributed by atoms with Crippen LogP contribution in [0.3, 0.4) is 0 Å². The highest BCUT2D eigenvalue weighted by molar-refractivity contribution is 6.30. The van der Waals surface area contributed by atoms with Gasteiger partial charge < -0.3 is 10.5 Å². The van der Waals surface area contributed by atoms with Crippen LogP contribution in [-0.4, -0.2) is 12.1 Å². The van der Waals surface area contributed by atoms with E-state index in [1.54, 1.807) is 6.07 Å². The van der Waals surface area contributed by atoms with E-state index in [9.17, 15) is 0 Å². The van der Waals surface area contributed by atoms with Crippen LogP contribution < -0.4 is 10.5 Å². The van der Waals surface area contributed by atoms with Crippen molar-refractivity contribution in [2.45, 2.75) is 25.5 Å². The maximum atomic E-state index is 6.18. The zero-order valence-electron chi connectivity index (χ0n) is 10.9. The van der Waals surface area contributed by atoms with Crippen molar-refractivity contribution in [1.82, 2.24) is 0 Å². The summed E-state index contributed by atoms with van der Waals surface area (Å²) in [5, 5.41) is 0.668. The van der Waals surface area contributed by atoms with Crippen LogP contribution in [0, 0.1) is 0 Å². The summed E-state index contributed by atoms with van der Waals surface area (Å²) in [5.41, 5.74) is 7.40.